The smallest absolute Gasteiger partial charge is 0.336 e. The van der Waals surface area contributed by atoms with Crippen LogP contribution in [0.2, 0.25) is 5.02 Å². The molecule has 1 heterocycles. The second-order valence-corrected chi connectivity index (χ2v) is 7.46. The van der Waals surface area contributed by atoms with Crippen LogP contribution in [0.25, 0.3) is 0 Å². The molecule has 0 saturated heterocycles. The molecule has 0 aliphatic carbocycles. The number of methoxy groups -OCH3 is 1. The largest absolute Gasteiger partial charge is 0.466 e. The number of benzene rings is 1. The molecule has 0 amide bonds. The van der Waals surface area contributed by atoms with E-state index < -0.39 is 11.9 Å². The van der Waals surface area contributed by atoms with Crippen LogP contribution in [-0.4, -0.2) is 52.0 Å². The molecule has 0 radical (unpaired) electrons. The molecule has 8 heteroatoms. The van der Waals surface area contributed by atoms with Crippen molar-refractivity contribution < 1.29 is 23.8 Å². The highest BCUT2D eigenvalue weighted by molar-refractivity contribution is 6.30. The summed E-state index contributed by atoms with van der Waals surface area (Å²) in [6.45, 7) is 8.68. The second kappa shape index (κ2) is 16.3. The van der Waals surface area contributed by atoms with Gasteiger partial charge in [0, 0.05) is 23.7 Å². The van der Waals surface area contributed by atoms with Crippen molar-refractivity contribution in [1.29, 1.82) is 0 Å². The van der Waals surface area contributed by atoms with Gasteiger partial charge >= 0.3 is 11.9 Å². The summed E-state index contributed by atoms with van der Waals surface area (Å²) in [5.74, 6) is -0.888. The lowest BCUT2D eigenvalue weighted by Gasteiger charge is -2.24. The molecule has 1 aromatic carbocycles. The normalized spacial score (nSPS) is 13.2. The van der Waals surface area contributed by atoms with Crippen molar-refractivity contribution in [3.8, 4) is 0 Å². The zero-order valence-corrected chi connectivity index (χ0v) is 20.2. The summed E-state index contributed by atoms with van der Waals surface area (Å²) in [5.41, 5.74) is 2.16. The van der Waals surface area contributed by atoms with Gasteiger partial charge in [0.15, 0.2) is 0 Å². The molecule has 0 aromatic heterocycles. The SMILES string of the molecule is CCCNCCCOCC1=C(C(=O)OCC)CC(C(=O)OC)=C(C)N1.Clc1ccccc1. The Morgan fingerprint density at radius 3 is 2.38 bits per heavy atom. The molecule has 2 rings (SSSR count). The standard InChI is InChI=1S/C18H30N2O5.C6H5Cl/c1-5-8-19-9-7-10-24-12-16-15(18(22)25-6-2)11-14(13(3)20-16)17(21)23-4;7-6-4-2-1-3-5-6/h19-20H,5-12H2,1-4H3;1-5H. The Labute approximate surface area is 196 Å². The number of nitrogens with one attached hydrogen (secondary N) is 2. The van der Waals surface area contributed by atoms with Crippen molar-refractivity contribution in [2.75, 3.05) is 40.0 Å². The molecule has 1 aliphatic rings. The first-order valence-electron chi connectivity index (χ1n) is 10.9. The maximum absolute atomic E-state index is 12.2. The number of hydrogen-bond donors (Lipinski definition) is 2. The van der Waals surface area contributed by atoms with Crippen LogP contribution in [0.15, 0.2) is 52.9 Å². The highest BCUT2D eigenvalue weighted by atomic mass is 35.5. The second-order valence-electron chi connectivity index (χ2n) is 7.03. The van der Waals surface area contributed by atoms with Crippen LogP contribution < -0.4 is 10.6 Å². The first kappa shape index (κ1) is 27.7. The van der Waals surface area contributed by atoms with E-state index in [1.807, 2.05) is 30.3 Å². The van der Waals surface area contributed by atoms with Gasteiger partial charge in [-0.25, -0.2) is 9.59 Å². The minimum Gasteiger partial charge on any atom is -0.466 e. The third-order valence-electron chi connectivity index (χ3n) is 4.51. The van der Waals surface area contributed by atoms with E-state index in [1.54, 1.807) is 13.8 Å². The quantitative estimate of drug-likeness (QED) is 0.376. The van der Waals surface area contributed by atoms with Crippen LogP contribution >= 0.6 is 11.6 Å². The number of rotatable bonds is 11. The van der Waals surface area contributed by atoms with E-state index in [2.05, 4.69) is 17.6 Å². The van der Waals surface area contributed by atoms with E-state index in [0.29, 0.717) is 29.1 Å². The Hall–Kier alpha value is -2.35. The van der Waals surface area contributed by atoms with Crippen LogP contribution in [0.3, 0.4) is 0 Å². The zero-order valence-electron chi connectivity index (χ0n) is 19.5. The average Bonchev–Trinajstić information content (AvgIpc) is 2.79. The molecular weight excluding hydrogens is 432 g/mol. The Balaban J connectivity index is 0.000000616. The van der Waals surface area contributed by atoms with Crippen LogP contribution in [0.5, 0.6) is 0 Å². The minimum absolute atomic E-state index is 0.182. The van der Waals surface area contributed by atoms with Gasteiger partial charge in [0.2, 0.25) is 0 Å². The molecule has 2 N–H and O–H groups in total. The molecule has 0 spiro atoms. The summed E-state index contributed by atoms with van der Waals surface area (Å²) >= 11 is 5.54. The van der Waals surface area contributed by atoms with Gasteiger partial charge in [0.25, 0.3) is 0 Å². The van der Waals surface area contributed by atoms with Crippen molar-refractivity contribution >= 4 is 23.5 Å². The lowest BCUT2D eigenvalue weighted by atomic mass is 9.98. The summed E-state index contributed by atoms with van der Waals surface area (Å²) in [7, 11) is 1.32. The summed E-state index contributed by atoms with van der Waals surface area (Å²) in [5, 5.41) is 7.20. The van der Waals surface area contributed by atoms with Crippen LogP contribution in [0.1, 0.15) is 40.0 Å². The molecule has 0 atom stereocenters. The van der Waals surface area contributed by atoms with Gasteiger partial charge in [-0.15, -0.1) is 0 Å². The molecule has 1 aliphatic heterocycles. The van der Waals surface area contributed by atoms with Gasteiger partial charge < -0.3 is 24.8 Å². The Bertz CT molecular complexity index is 778. The fraction of sp³-hybridized carbons (Fsp3) is 0.500. The van der Waals surface area contributed by atoms with Gasteiger partial charge in [0.05, 0.1) is 37.2 Å². The van der Waals surface area contributed by atoms with Crippen LogP contribution in [0.4, 0.5) is 0 Å². The van der Waals surface area contributed by atoms with Crippen molar-refractivity contribution in [1.82, 2.24) is 10.6 Å². The predicted octanol–water partition coefficient (Wildman–Crippen LogP) is 3.99. The monoisotopic (exact) mass is 466 g/mol. The number of allylic oxidation sites excluding steroid dienone is 1. The lowest BCUT2D eigenvalue weighted by molar-refractivity contribution is -0.138. The third-order valence-corrected chi connectivity index (χ3v) is 4.76. The van der Waals surface area contributed by atoms with Gasteiger partial charge in [-0.05, 0) is 51.9 Å². The summed E-state index contributed by atoms with van der Waals surface area (Å²) < 4.78 is 15.6. The fourth-order valence-electron chi connectivity index (χ4n) is 2.87. The topological polar surface area (TPSA) is 85.9 Å². The van der Waals surface area contributed by atoms with Gasteiger partial charge in [-0.1, -0.05) is 36.7 Å². The molecule has 0 fully saturated rings. The Kier molecular flexibility index (Phi) is 14.1. The third kappa shape index (κ3) is 10.3. The first-order chi connectivity index (χ1) is 15.4. The van der Waals surface area contributed by atoms with E-state index >= 15 is 0 Å². The van der Waals surface area contributed by atoms with E-state index in [4.69, 9.17) is 25.8 Å². The lowest BCUT2D eigenvalue weighted by Crippen LogP contribution is -2.30. The van der Waals surface area contributed by atoms with E-state index in [-0.39, 0.29) is 19.6 Å². The molecule has 1 aromatic rings. The summed E-state index contributed by atoms with van der Waals surface area (Å²) in [4.78, 5) is 24.1. The van der Waals surface area contributed by atoms with Crippen molar-refractivity contribution in [3.05, 3.63) is 57.9 Å². The Morgan fingerprint density at radius 1 is 1.09 bits per heavy atom. The van der Waals surface area contributed by atoms with E-state index in [9.17, 15) is 9.59 Å². The number of halogens is 1. The molecule has 178 valence electrons. The van der Waals surface area contributed by atoms with Crippen molar-refractivity contribution in [2.45, 2.75) is 40.0 Å². The van der Waals surface area contributed by atoms with Crippen LogP contribution in [-0.2, 0) is 23.8 Å². The number of carbonyl (C=O) groups excluding carboxylic acids is 2. The van der Waals surface area contributed by atoms with E-state index in [1.165, 1.54) is 7.11 Å². The average molecular weight is 467 g/mol. The number of dihydropyridines is 1. The zero-order chi connectivity index (χ0) is 23.8. The minimum atomic E-state index is -0.450. The molecule has 0 saturated carbocycles. The number of ether oxygens (including phenoxy) is 3. The molecule has 0 bridgehead atoms. The number of esters is 2. The number of hydrogen-bond acceptors (Lipinski definition) is 7. The van der Waals surface area contributed by atoms with Gasteiger partial charge in [-0.3, -0.25) is 0 Å². The molecule has 7 nitrogen and oxygen atoms in total. The van der Waals surface area contributed by atoms with Crippen molar-refractivity contribution in [2.24, 2.45) is 0 Å². The highest BCUT2D eigenvalue weighted by Gasteiger charge is 2.28. The van der Waals surface area contributed by atoms with E-state index in [0.717, 1.165) is 31.0 Å². The van der Waals surface area contributed by atoms with Crippen LogP contribution in [0, 0.1) is 0 Å². The first-order valence-corrected chi connectivity index (χ1v) is 11.3. The highest BCUT2D eigenvalue weighted by Crippen LogP contribution is 2.25. The molecule has 32 heavy (non-hydrogen) atoms. The van der Waals surface area contributed by atoms with Gasteiger partial charge in [0.1, 0.15) is 0 Å². The van der Waals surface area contributed by atoms with Gasteiger partial charge in [-0.2, -0.15) is 0 Å². The van der Waals surface area contributed by atoms with Crippen molar-refractivity contribution in [3.63, 3.8) is 0 Å². The summed E-state index contributed by atoms with van der Waals surface area (Å²) in [6.07, 6.45) is 2.18. The maximum Gasteiger partial charge on any atom is 0.336 e. The maximum atomic E-state index is 12.2. The summed E-state index contributed by atoms with van der Waals surface area (Å²) in [6, 6.07) is 9.44. The Morgan fingerprint density at radius 2 is 1.81 bits per heavy atom. The molecule has 0 unspecified atom stereocenters. The fourth-order valence-corrected chi connectivity index (χ4v) is 3.01. The number of carbonyl (C=O) groups is 2. The predicted molar refractivity (Wildman–Crippen MR) is 126 cm³/mol. The molecular formula is C24H35ClN2O5.